The molecule has 0 bridgehead atoms. The summed E-state index contributed by atoms with van der Waals surface area (Å²) in [4.78, 5) is 17.0. The molecule has 0 aliphatic rings. The van der Waals surface area contributed by atoms with Crippen molar-refractivity contribution in [2.75, 3.05) is 20.2 Å². The zero-order valence-corrected chi connectivity index (χ0v) is 12.6. The number of hydrogen-bond donors (Lipinski definition) is 1. The lowest BCUT2D eigenvalue weighted by Gasteiger charge is -2.12. The van der Waals surface area contributed by atoms with E-state index < -0.39 is 5.82 Å². The number of rotatable bonds is 6. The molecule has 2 aromatic rings. The topological polar surface area (TPSA) is 62.7 Å². The summed E-state index contributed by atoms with van der Waals surface area (Å²) in [6, 6.07) is 7.78. The third-order valence-corrected chi connectivity index (χ3v) is 3.05. The molecule has 0 saturated heterocycles. The van der Waals surface area contributed by atoms with Gasteiger partial charge in [-0.3, -0.25) is 9.78 Å². The van der Waals surface area contributed by atoms with Gasteiger partial charge < -0.3 is 14.7 Å². The third kappa shape index (κ3) is 4.89. The average Bonchev–Trinajstić information content (AvgIpc) is 2.56. The number of aliphatic hydroxyl groups excluding tert-OH is 1. The van der Waals surface area contributed by atoms with Crippen molar-refractivity contribution in [3.63, 3.8) is 0 Å². The number of pyridine rings is 1. The van der Waals surface area contributed by atoms with Crippen LogP contribution in [-0.4, -0.2) is 41.1 Å². The molecule has 5 nitrogen and oxygen atoms in total. The molecule has 0 atom stereocenters. The van der Waals surface area contributed by atoms with Crippen LogP contribution in [0.5, 0.6) is 11.5 Å². The van der Waals surface area contributed by atoms with Crippen LogP contribution >= 0.6 is 0 Å². The molecule has 0 fully saturated rings. The van der Waals surface area contributed by atoms with Gasteiger partial charge in [-0.2, -0.15) is 0 Å². The van der Waals surface area contributed by atoms with E-state index in [0.717, 1.165) is 0 Å². The summed E-state index contributed by atoms with van der Waals surface area (Å²) in [6.07, 6.45) is 5.92. The Labute approximate surface area is 133 Å². The number of aliphatic hydroxyl groups is 1. The standard InChI is InChI=1S/C17H17FN2O3/c1-20(9-10-21)17(22)7-5-13-4-6-16(15(18)11-13)23-14-3-2-8-19-12-14/h2-8,11-12,21H,9-10H2,1H3/b7-5+. The lowest BCUT2D eigenvalue weighted by atomic mass is 10.2. The summed E-state index contributed by atoms with van der Waals surface area (Å²) in [5, 5.41) is 8.77. The van der Waals surface area contributed by atoms with E-state index in [4.69, 9.17) is 9.84 Å². The van der Waals surface area contributed by atoms with Crippen molar-refractivity contribution in [1.29, 1.82) is 0 Å². The average molecular weight is 316 g/mol. The summed E-state index contributed by atoms with van der Waals surface area (Å²) in [7, 11) is 1.58. The fourth-order valence-electron chi connectivity index (χ4n) is 1.79. The van der Waals surface area contributed by atoms with E-state index in [1.165, 1.54) is 35.4 Å². The predicted octanol–water partition coefficient (Wildman–Crippen LogP) is 2.48. The first kappa shape index (κ1) is 16.6. The van der Waals surface area contributed by atoms with E-state index >= 15 is 0 Å². The number of hydrogen-bond acceptors (Lipinski definition) is 4. The van der Waals surface area contributed by atoms with Crippen LogP contribution in [0.3, 0.4) is 0 Å². The van der Waals surface area contributed by atoms with Gasteiger partial charge in [0.05, 0.1) is 12.8 Å². The molecule has 0 radical (unpaired) electrons. The molecule has 23 heavy (non-hydrogen) atoms. The van der Waals surface area contributed by atoms with E-state index in [-0.39, 0.29) is 24.8 Å². The van der Waals surface area contributed by atoms with Crippen LogP contribution in [0, 0.1) is 5.82 Å². The van der Waals surface area contributed by atoms with Crippen molar-refractivity contribution >= 4 is 12.0 Å². The second kappa shape index (κ2) is 8.05. The molecule has 0 aliphatic heterocycles. The molecule has 0 unspecified atom stereocenters. The number of amides is 1. The van der Waals surface area contributed by atoms with Crippen molar-refractivity contribution in [1.82, 2.24) is 9.88 Å². The molecule has 1 amide bonds. The molecule has 6 heteroatoms. The predicted molar refractivity (Wildman–Crippen MR) is 84.5 cm³/mol. The summed E-state index contributed by atoms with van der Waals surface area (Å²) in [6.45, 7) is 0.139. The maximum atomic E-state index is 14.0. The number of aromatic nitrogens is 1. The number of carbonyl (C=O) groups is 1. The highest BCUT2D eigenvalue weighted by Gasteiger charge is 2.06. The number of nitrogens with zero attached hydrogens (tertiary/aromatic N) is 2. The van der Waals surface area contributed by atoms with E-state index in [1.807, 2.05) is 0 Å². The van der Waals surface area contributed by atoms with Gasteiger partial charge in [0, 0.05) is 25.9 Å². The molecule has 2 rings (SSSR count). The fourth-order valence-corrected chi connectivity index (χ4v) is 1.79. The minimum absolute atomic E-state index is 0.0823. The van der Waals surface area contributed by atoms with Gasteiger partial charge in [-0.1, -0.05) is 6.07 Å². The molecule has 1 N–H and O–H groups in total. The largest absolute Gasteiger partial charge is 0.453 e. The Morgan fingerprint density at radius 3 is 2.91 bits per heavy atom. The summed E-state index contributed by atoms with van der Waals surface area (Å²) in [5.41, 5.74) is 0.534. The maximum Gasteiger partial charge on any atom is 0.246 e. The molecule has 0 spiro atoms. The van der Waals surface area contributed by atoms with Crippen LogP contribution < -0.4 is 4.74 Å². The molecule has 1 aromatic carbocycles. The van der Waals surface area contributed by atoms with Crippen LogP contribution in [0.15, 0.2) is 48.8 Å². The first-order chi connectivity index (χ1) is 11.1. The number of likely N-dealkylation sites (N-methyl/N-ethyl adjacent to an activating group) is 1. The fraction of sp³-hybridized carbons (Fsp3) is 0.176. The quantitative estimate of drug-likeness (QED) is 0.832. The molecule has 1 aromatic heterocycles. The molecular weight excluding hydrogens is 299 g/mol. The van der Waals surface area contributed by atoms with Gasteiger partial charge in [0.2, 0.25) is 5.91 Å². The van der Waals surface area contributed by atoms with Crippen molar-refractivity contribution in [2.45, 2.75) is 0 Å². The Morgan fingerprint density at radius 1 is 1.43 bits per heavy atom. The van der Waals surface area contributed by atoms with Crippen molar-refractivity contribution < 1.29 is 19.0 Å². The van der Waals surface area contributed by atoms with Crippen LogP contribution in [0.2, 0.25) is 0 Å². The number of carbonyl (C=O) groups excluding carboxylic acids is 1. The molecular formula is C17H17FN2O3. The van der Waals surface area contributed by atoms with Crippen LogP contribution in [0.25, 0.3) is 6.08 Å². The number of benzene rings is 1. The first-order valence-corrected chi connectivity index (χ1v) is 7.01. The van der Waals surface area contributed by atoms with Gasteiger partial charge in [0.25, 0.3) is 0 Å². The SMILES string of the molecule is CN(CCO)C(=O)/C=C/c1ccc(Oc2cccnc2)c(F)c1. The van der Waals surface area contributed by atoms with E-state index in [9.17, 15) is 9.18 Å². The lowest BCUT2D eigenvalue weighted by Crippen LogP contribution is -2.27. The molecule has 120 valence electrons. The van der Waals surface area contributed by atoms with Gasteiger partial charge in [0.15, 0.2) is 11.6 Å². The zero-order valence-electron chi connectivity index (χ0n) is 12.6. The summed E-state index contributed by atoms with van der Waals surface area (Å²) >= 11 is 0. The number of ether oxygens (including phenoxy) is 1. The van der Waals surface area contributed by atoms with E-state index in [0.29, 0.717) is 11.3 Å². The highest BCUT2D eigenvalue weighted by Crippen LogP contribution is 2.24. The van der Waals surface area contributed by atoms with E-state index in [2.05, 4.69) is 4.98 Å². The van der Waals surface area contributed by atoms with Crippen LogP contribution in [0.4, 0.5) is 4.39 Å². The summed E-state index contributed by atoms with van der Waals surface area (Å²) < 4.78 is 19.4. The Bertz CT molecular complexity index is 689. The lowest BCUT2D eigenvalue weighted by molar-refractivity contribution is -0.125. The molecule has 0 aliphatic carbocycles. The van der Waals surface area contributed by atoms with Crippen molar-refractivity contribution in [3.8, 4) is 11.5 Å². The Balaban J connectivity index is 2.06. The monoisotopic (exact) mass is 316 g/mol. The van der Waals surface area contributed by atoms with Gasteiger partial charge in [-0.25, -0.2) is 4.39 Å². The Morgan fingerprint density at radius 2 is 2.26 bits per heavy atom. The van der Waals surface area contributed by atoms with Gasteiger partial charge in [-0.05, 0) is 35.9 Å². The second-order valence-corrected chi connectivity index (χ2v) is 4.80. The minimum atomic E-state index is -0.535. The smallest absolute Gasteiger partial charge is 0.246 e. The Hall–Kier alpha value is -2.73. The highest BCUT2D eigenvalue weighted by molar-refractivity contribution is 5.91. The van der Waals surface area contributed by atoms with Crippen molar-refractivity contribution in [2.24, 2.45) is 0 Å². The molecule has 0 saturated carbocycles. The zero-order chi connectivity index (χ0) is 16.7. The van der Waals surface area contributed by atoms with Gasteiger partial charge in [0.1, 0.15) is 5.75 Å². The minimum Gasteiger partial charge on any atom is -0.453 e. The van der Waals surface area contributed by atoms with E-state index in [1.54, 1.807) is 31.4 Å². The normalized spacial score (nSPS) is 10.7. The first-order valence-electron chi connectivity index (χ1n) is 7.01. The Kier molecular flexibility index (Phi) is 5.82. The van der Waals surface area contributed by atoms with Crippen molar-refractivity contribution in [3.05, 3.63) is 60.2 Å². The van der Waals surface area contributed by atoms with Gasteiger partial charge >= 0.3 is 0 Å². The second-order valence-electron chi connectivity index (χ2n) is 4.80. The third-order valence-electron chi connectivity index (χ3n) is 3.05. The number of halogens is 1. The molecule has 1 heterocycles. The highest BCUT2D eigenvalue weighted by atomic mass is 19.1. The van der Waals surface area contributed by atoms with Crippen LogP contribution in [-0.2, 0) is 4.79 Å². The van der Waals surface area contributed by atoms with Crippen LogP contribution in [0.1, 0.15) is 5.56 Å². The maximum absolute atomic E-state index is 14.0. The summed E-state index contributed by atoms with van der Waals surface area (Å²) in [5.74, 6) is -0.281. The van der Waals surface area contributed by atoms with Gasteiger partial charge in [-0.15, -0.1) is 0 Å².